The number of nitrogens with zero attached hydrogens (tertiary/aromatic N) is 1. The molecule has 0 bridgehead atoms. The topological polar surface area (TPSA) is 46.3 Å². The van der Waals surface area contributed by atoms with Crippen molar-refractivity contribution in [3.63, 3.8) is 0 Å². The number of thiophene rings is 1. The molecule has 2 aromatic rings. The lowest BCUT2D eigenvalue weighted by Gasteiger charge is -2.22. The number of nitrogens with two attached hydrogens (primary N) is 1. The molecule has 2 aliphatic rings. The van der Waals surface area contributed by atoms with Gasteiger partial charge in [-0.05, 0) is 68.0 Å². The third-order valence-electron chi connectivity index (χ3n) is 4.50. The Labute approximate surface area is 128 Å². The number of aryl methyl sites for hydroxylation is 2. The molecular formula is C17H18N2OS. The quantitative estimate of drug-likeness (QED) is 0.820. The molecule has 1 unspecified atom stereocenters. The van der Waals surface area contributed by atoms with E-state index in [4.69, 9.17) is 5.73 Å². The Morgan fingerprint density at radius 3 is 2.95 bits per heavy atom. The second kappa shape index (κ2) is 4.60. The molecule has 3 nitrogen and oxygen atoms in total. The number of anilines is 2. The van der Waals surface area contributed by atoms with Crippen LogP contribution in [0, 0.1) is 0 Å². The van der Waals surface area contributed by atoms with Gasteiger partial charge in [0.1, 0.15) is 0 Å². The van der Waals surface area contributed by atoms with Gasteiger partial charge < -0.3 is 10.6 Å². The lowest BCUT2D eigenvalue weighted by atomic mass is 10.1. The monoisotopic (exact) mass is 298 g/mol. The molecule has 1 aliphatic carbocycles. The van der Waals surface area contributed by atoms with Gasteiger partial charge in [-0.15, -0.1) is 11.3 Å². The number of amides is 1. The van der Waals surface area contributed by atoms with Crippen LogP contribution >= 0.6 is 11.3 Å². The Balaban J connectivity index is 1.71. The standard InChI is InChI=1S/C17H18N2OS/c1-10-7-12-8-13(18)5-6-14(12)19(10)17(20)16-9-11-3-2-4-15(11)21-16/h5-6,8-10H,2-4,7,18H2,1H3. The van der Waals surface area contributed by atoms with Crippen molar-refractivity contribution in [1.29, 1.82) is 0 Å². The molecule has 2 N–H and O–H groups in total. The van der Waals surface area contributed by atoms with Crippen molar-refractivity contribution in [3.05, 3.63) is 45.1 Å². The van der Waals surface area contributed by atoms with Crippen LogP contribution in [0.1, 0.15) is 39.0 Å². The second-order valence-electron chi connectivity index (χ2n) is 6.03. The molecule has 0 radical (unpaired) electrons. The van der Waals surface area contributed by atoms with Crippen molar-refractivity contribution in [3.8, 4) is 0 Å². The van der Waals surface area contributed by atoms with Crippen LogP contribution < -0.4 is 10.6 Å². The van der Waals surface area contributed by atoms with Gasteiger partial charge in [0.25, 0.3) is 5.91 Å². The Bertz CT molecular complexity index is 713. The van der Waals surface area contributed by atoms with Gasteiger partial charge in [-0.3, -0.25) is 4.79 Å². The molecule has 1 amide bonds. The highest BCUT2D eigenvalue weighted by Gasteiger charge is 2.33. The van der Waals surface area contributed by atoms with E-state index in [1.165, 1.54) is 22.4 Å². The summed E-state index contributed by atoms with van der Waals surface area (Å²) in [6, 6.07) is 8.16. The summed E-state index contributed by atoms with van der Waals surface area (Å²) in [5.74, 6) is 0.144. The van der Waals surface area contributed by atoms with Gasteiger partial charge in [-0.2, -0.15) is 0 Å². The van der Waals surface area contributed by atoms with Crippen LogP contribution in [0.25, 0.3) is 0 Å². The van der Waals surface area contributed by atoms with E-state index >= 15 is 0 Å². The molecule has 0 saturated heterocycles. The molecule has 0 spiro atoms. The summed E-state index contributed by atoms with van der Waals surface area (Å²) in [4.78, 5) is 17.1. The summed E-state index contributed by atoms with van der Waals surface area (Å²) in [7, 11) is 0. The molecule has 0 fully saturated rings. The highest BCUT2D eigenvalue weighted by atomic mass is 32.1. The molecular weight excluding hydrogens is 280 g/mol. The Hall–Kier alpha value is -1.81. The summed E-state index contributed by atoms with van der Waals surface area (Å²) < 4.78 is 0. The van der Waals surface area contributed by atoms with E-state index in [1.54, 1.807) is 11.3 Å². The molecule has 108 valence electrons. The fourth-order valence-electron chi connectivity index (χ4n) is 3.51. The van der Waals surface area contributed by atoms with Crippen molar-refractivity contribution < 1.29 is 4.79 Å². The van der Waals surface area contributed by atoms with Gasteiger partial charge in [0, 0.05) is 22.3 Å². The maximum absolute atomic E-state index is 12.9. The molecule has 0 saturated carbocycles. The summed E-state index contributed by atoms with van der Waals surface area (Å²) >= 11 is 1.68. The first-order valence-corrected chi connectivity index (χ1v) is 8.28. The van der Waals surface area contributed by atoms with Crippen LogP contribution in [-0.2, 0) is 19.3 Å². The highest BCUT2D eigenvalue weighted by molar-refractivity contribution is 7.14. The van der Waals surface area contributed by atoms with E-state index < -0.39 is 0 Å². The number of benzene rings is 1. The average Bonchev–Trinajstić information content (AvgIpc) is 3.08. The fourth-order valence-corrected chi connectivity index (χ4v) is 4.70. The van der Waals surface area contributed by atoms with E-state index in [0.717, 1.165) is 35.5 Å². The van der Waals surface area contributed by atoms with Crippen molar-refractivity contribution in [2.45, 2.75) is 38.6 Å². The van der Waals surface area contributed by atoms with Gasteiger partial charge in [0.15, 0.2) is 0 Å². The maximum atomic E-state index is 12.9. The van der Waals surface area contributed by atoms with Crippen molar-refractivity contribution in [2.24, 2.45) is 0 Å². The number of hydrogen-bond acceptors (Lipinski definition) is 3. The zero-order chi connectivity index (χ0) is 14.6. The first-order chi connectivity index (χ1) is 10.1. The smallest absolute Gasteiger partial charge is 0.268 e. The third-order valence-corrected chi connectivity index (χ3v) is 5.72. The molecule has 4 heteroatoms. The van der Waals surface area contributed by atoms with Crippen LogP contribution in [0.2, 0.25) is 0 Å². The summed E-state index contributed by atoms with van der Waals surface area (Å²) in [6.07, 6.45) is 4.38. The number of fused-ring (bicyclic) bond motifs is 2. The predicted octanol–water partition coefficient (Wildman–Crippen LogP) is 3.41. The summed E-state index contributed by atoms with van der Waals surface area (Å²) in [5.41, 5.74) is 10.2. The summed E-state index contributed by atoms with van der Waals surface area (Å²) in [6.45, 7) is 2.11. The number of rotatable bonds is 1. The average molecular weight is 298 g/mol. The van der Waals surface area contributed by atoms with E-state index in [2.05, 4.69) is 13.0 Å². The normalized spacial score (nSPS) is 19.7. The fraction of sp³-hybridized carbons (Fsp3) is 0.353. The summed E-state index contributed by atoms with van der Waals surface area (Å²) in [5, 5.41) is 0. The second-order valence-corrected chi connectivity index (χ2v) is 7.17. The van der Waals surface area contributed by atoms with E-state index in [-0.39, 0.29) is 11.9 Å². The van der Waals surface area contributed by atoms with Gasteiger partial charge in [-0.25, -0.2) is 0 Å². The van der Waals surface area contributed by atoms with Crippen LogP contribution in [0.3, 0.4) is 0 Å². The molecule has 1 aromatic heterocycles. The largest absolute Gasteiger partial charge is 0.399 e. The lowest BCUT2D eigenvalue weighted by Crippen LogP contribution is -2.35. The Morgan fingerprint density at radius 1 is 1.29 bits per heavy atom. The molecule has 4 rings (SSSR count). The Kier molecular flexibility index (Phi) is 2.82. The highest BCUT2D eigenvalue weighted by Crippen LogP contribution is 2.37. The van der Waals surface area contributed by atoms with Crippen LogP contribution in [0.4, 0.5) is 11.4 Å². The van der Waals surface area contributed by atoms with Crippen LogP contribution in [0.15, 0.2) is 24.3 Å². The van der Waals surface area contributed by atoms with E-state index in [1.807, 2.05) is 23.1 Å². The molecule has 1 aliphatic heterocycles. The molecule has 21 heavy (non-hydrogen) atoms. The van der Waals surface area contributed by atoms with Gasteiger partial charge in [0.05, 0.1) is 4.88 Å². The minimum atomic E-state index is 0.144. The first kappa shape index (κ1) is 12.9. The maximum Gasteiger partial charge on any atom is 0.268 e. The number of carbonyl (C=O) groups is 1. The van der Waals surface area contributed by atoms with Crippen LogP contribution in [-0.4, -0.2) is 11.9 Å². The first-order valence-electron chi connectivity index (χ1n) is 7.47. The zero-order valence-electron chi connectivity index (χ0n) is 12.1. The number of nitrogen functional groups attached to an aromatic ring is 1. The van der Waals surface area contributed by atoms with Crippen molar-refractivity contribution in [2.75, 3.05) is 10.6 Å². The molecule has 1 aromatic carbocycles. The van der Waals surface area contributed by atoms with Gasteiger partial charge in [0.2, 0.25) is 0 Å². The lowest BCUT2D eigenvalue weighted by molar-refractivity contribution is 0.0985. The minimum absolute atomic E-state index is 0.144. The number of carbonyl (C=O) groups excluding carboxylic acids is 1. The Morgan fingerprint density at radius 2 is 2.14 bits per heavy atom. The molecule has 2 heterocycles. The zero-order valence-corrected chi connectivity index (χ0v) is 12.9. The van der Waals surface area contributed by atoms with Crippen molar-refractivity contribution in [1.82, 2.24) is 0 Å². The van der Waals surface area contributed by atoms with Crippen LogP contribution in [0.5, 0.6) is 0 Å². The van der Waals surface area contributed by atoms with E-state index in [0.29, 0.717) is 0 Å². The number of hydrogen-bond donors (Lipinski definition) is 1. The molecule has 1 atom stereocenters. The predicted molar refractivity (Wildman–Crippen MR) is 87.2 cm³/mol. The SMILES string of the molecule is CC1Cc2cc(N)ccc2N1C(=O)c1cc2c(s1)CCC2. The van der Waals surface area contributed by atoms with Gasteiger partial charge in [-0.1, -0.05) is 0 Å². The third kappa shape index (κ3) is 1.97. The van der Waals surface area contributed by atoms with Gasteiger partial charge >= 0.3 is 0 Å². The van der Waals surface area contributed by atoms with E-state index in [9.17, 15) is 4.79 Å². The minimum Gasteiger partial charge on any atom is -0.399 e. The van der Waals surface area contributed by atoms with Crippen molar-refractivity contribution >= 4 is 28.6 Å².